The molecule has 0 spiro atoms. The fourth-order valence-electron chi connectivity index (χ4n) is 2.53. The van der Waals surface area contributed by atoms with Gasteiger partial charge in [-0.15, -0.1) is 0 Å². The number of hydrogen-bond donors (Lipinski definition) is 4. The molecule has 9 nitrogen and oxygen atoms in total. The largest absolute Gasteiger partial charge is 0.379 e. The van der Waals surface area contributed by atoms with Crippen molar-refractivity contribution in [1.29, 1.82) is 0 Å². The van der Waals surface area contributed by atoms with Crippen LogP contribution in [0.5, 0.6) is 0 Å². The van der Waals surface area contributed by atoms with E-state index in [-0.39, 0.29) is 36.6 Å². The third kappa shape index (κ3) is 5.70. The molecule has 1 saturated carbocycles. The molecular formula is C19H21N5O4. The van der Waals surface area contributed by atoms with Crippen molar-refractivity contribution in [3.8, 4) is 0 Å². The lowest BCUT2D eigenvalue weighted by Gasteiger charge is -2.09. The van der Waals surface area contributed by atoms with E-state index < -0.39 is 4.92 Å². The molecule has 28 heavy (non-hydrogen) atoms. The number of urea groups is 1. The van der Waals surface area contributed by atoms with Crippen molar-refractivity contribution in [3.63, 3.8) is 0 Å². The monoisotopic (exact) mass is 383 g/mol. The van der Waals surface area contributed by atoms with Crippen molar-refractivity contribution in [2.75, 3.05) is 22.5 Å². The van der Waals surface area contributed by atoms with E-state index >= 15 is 0 Å². The van der Waals surface area contributed by atoms with Crippen molar-refractivity contribution in [1.82, 2.24) is 5.32 Å². The SMILES string of the molecule is O=C(CCNc1ccccc1[N+](=O)[O-])Nc1ccc(NC(=O)NC2CC2)cc1. The number of nitro benzene ring substituents is 1. The lowest BCUT2D eigenvalue weighted by atomic mass is 10.2. The molecule has 1 aliphatic rings. The highest BCUT2D eigenvalue weighted by atomic mass is 16.6. The predicted molar refractivity (Wildman–Crippen MR) is 106 cm³/mol. The zero-order chi connectivity index (χ0) is 19.9. The summed E-state index contributed by atoms with van der Waals surface area (Å²) in [6.45, 7) is 0.262. The van der Waals surface area contributed by atoms with Gasteiger partial charge in [0.2, 0.25) is 5.91 Å². The summed E-state index contributed by atoms with van der Waals surface area (Å²) in [5.41, 5.74) is 1.58. The molecule has 2 aromatic carbocycles. The summed E-state index contributed by atoms with van der Waals surface area (Å²) in [4.78, 5) is 34.2. The molecule has 3 amide bonds. The molecule has 4 N–H and O–H groups in total. The van der Waals surface area contributed by atoms with Gasteiger partial charge in [-0.2, -0.15) is 0 Å². The van der Waals surface area contributed by atoms with Gasteiger partial charge >= 0.3 is 6.03 Å². The van der Waals surface area contributed by atoms with Crippen LogP contribution >= 0.6 is 0 Å². The first-order valence-electron chi connectivity index (χ1n) is 8.96. The van der Waals surface area contributed by atoms with Gasteiger partial charge in [0.05, 0.1) is 4.92 Å². The Balaban J connectivity index is 1.43. The predicted octanol–water partition coefficient (Wildman–Crippen LogP) is 3.32. The normalized spacial score (nSPS) is 12.7. The fraction of sp³-hybridized carbons (Fsp3) is 0.263. The van der Waals surface area contributed by atoms with E-state index in [0.29, 0.717) is 17.1 Å². The number of nitro groups is 1. The first kappa shape index (κ1) is 19.2. The Hall–Kier alpha value is -3.62. The van der Waals surface area contributed by atoms with Crippen LogP contribution in [0.2, 0.25) is 0 Å². The molecule has 0 aromatic heterocycles. The minimum Gasteiger partial charge on any atom is -0.379 e. The molecular weight excluding hydrogens is 362 g/mol. The van der Waals surface area contributed by atoms with Crippen LogP contribution in [-0.4, -0.2) is 29.4 Å². The molecule has 9 heteroatoms. The summed E-state index contributed by atoms with van der Waals surface area (Å²) in [6.07, 6.45) is 2.19. The number of benzene rings is 2. The molecule has 0 atom stereocenters. The van der Waals surface area contributed by atoms with Crippen molar-refractivity contribution in [2.24, 2.45) is 0 Å². The summed E-state index contributed by atoms with van der Waals surface area (Å²) in [7, 11) is 0. The number of hydrogen-bond acceptors (Lipinski definition) is 5. The third-order valence-electron chi connectivity index (χ3n) is 4.11. The van der Waals surface area contributed by atoms with Gasteiger partial charge in [-0.25, -0.2) is 4.79 Å². The lowest BCUT2D eigenvalue weighted by Crippen LogP contribution is -2.30. The number of carbonyl (C=O) groups excluding carboxylic acids is 2. The van der Waals surface area contributed by atoms with Crippen LogP contribution in [0.3, 0.4) is 0 Å². The Bertz CT molecular complexity index is 865. The average molecular weight is 383 g/mol. The van der Waals surface area contributed by atoms with Crippen molar-refractivity contribution in [2.45, 2.75) is 25.3 Å². The van der Waals surface area contributed by atoms with Crippen molar-refractivity contribution < 1.29 is 14.5 Å². The smallest absolute Gasteiger partial charge is 0.319 e. The summed E-state index contributed by atoms with van der Waals surface area (Å²) in [5, 5.41) is 22.2. The maximum Gasteiger partial charge on any atom is 0.319 e. The first-order valence-corrected chi connectivity index (χ1v) is 8.96. The van der Waals surface area contributed by atoms with Gasteiger partial charge in [0.1, 0.15) is 5.69 Å². The van der Waals surface area contributed by atoms with Crippen LogP contribution in [0, 0.1) is 10.1 Å². The second-order valence-electron chi connectivity index (χ2n) is 6.45. The molecule has 0 unspecified atom stereocenters. The Labute approximate surface area is 161 Å². The second-order valence-corrected chi connectivity index (χ2v) is 6.45. The molecule has 0 heterocycles. The van der Waals surface area contributed by atoms with Crippen molar-refractivity contribution >= 4 is 34.7 Å². The minimum absolute atomic E-state index is 0.0308. The quantitative estimate of drug-likeness (QED) is 0.411. The van der Waals surface area contributed by atoms with E-state index in [9.17, 15) is 19.7 Å². The standard InChI is InChI=1S/C19H21N5O4/c25-18(11-12-20-16-3-1-2-4-17(16)24(27)28)21-13-5-7-14(8-6-13)22-19(26)23-15-9-10-15/h1-8,15,20H,9-12H2,(H,21,25)(H2,22,23,26). The van der Waals surface area contributed by atoms with E-state index in [1.165, 1.54) is 6.07 Å². The zero-order valence-corrected chi connectivity index (χ0v) is 15.1. The second kappa shape index (κ2) is 8.85. The van der Waals surface area contributed by atoms with Gasteiger partial charge in [0.15, 0.2) is 0 Å². The maximum atomic E-state index is 12.0. The molecule has 0 radical (unpaired) electrons. The summed E-state index contributed by atoms with van der Waals surface area (Å²) in [6, 6.07) is 13.1. The Kier molecular flexibility index (Phi) is 6.05. The van der Waals surface area contributed by atoms with Gasteiger partial charge in [-0.05, 0) is 43.2 Å². The topological polar surface area (TPSA) is 125 Å². The highest BCUT2D eigenvalue weighted by Crippen LogP contribution is 2.23. The van der Waals surface area contributed by atoms with Gasteiger partial charge in [-0.1, -0.05) is 12.1 Å². The summed E-state index contributed by atoms with van der Waals surface area (Å²) < 4.78 is 0. The zero-order valence-electron chi connectivity index (χ0n) is 15.1. The van der Waals surface area contributed by atoms with E-state index in [0.717, 1.165) is 12.8 Å². The Morgan fingerprint density at radius 1 is 1.00 bits per heavy atom. The van der Waals surface area contributed by atoms with Gasteiger partial charge in [-0.3, -0.25) is 14.9 Å². The third-order valence-corrected chi connectivity index (χ3v) is 4.11. The van der Waals surface area contributed by atoms with E-state index in [1.54, 1.807) is 42.5 Å². The Morgan fingerprint density at radius 3 is 2.29 bits per heavy atom. The molecule has 3 rings (SSSR count). The maximum absolute atomic E-state index is 12.0. The van der Waals surface area contributed by atoms with Gasteiger partial charge in [0.25, 0.3) is 5.69 Å². The van der Waals surface area contributed by atoms with Gasteiger partial charge < -0.3 is 21.3 Å². The van der Waals surface area contributed by atoms with Crippen LogP contribution < -0.4 is 21.3 Å². The van der Waals surface area contributed by atoms with Crippen LogP contribution in [0.4, 0.5) is 27.5 Å². The van der Waals surface area contributed by atoms with E-state index in [1.807, 2.05) is 0 Å². The highest BCUT2D eigenvalue weighted by molar-refractivity contribution is 5.92. The van der Waals surface area contributed by atoms with Crippen LogP contribution in [0.1, 0.15) is 19.3 Å². The van der Waals surface area contributed by atoms with E-state index in [2.05, 4.69) is 21.3 Å². The first-order chi connectivity index (χ1) is 13.5. The summed E-state index contributed by atoms with van der Waals surface area (Å²) >= 11 is 0. The molecule has 1 aliphatic carbocycles. The molecule has 146 valence electrons. The highest BCUT2D eigenvalue weighted by Gasteiger charge is 2.23. The Morgan fingerprint density at radius 2 is 1.64 bits per heavy atom. The molecule has 1 fully saturated rings. The number of para-hydroxylation sites is 2. The average Bonchev–Trinajstić information content (AvgIpc) is 3.47. The summed E-state index contributed by atoms with van der Waals surface area (Å²) in [5.74, 6) is -0.224. The number of carbonyl (C=O) groups is 2. The van der Waals surface area contributed by atoms with Gasteiger partial charge in [0, 0.05) is 36.4 Å². The van der Waals surface area contributed by atoms with Crippen molar-refractivity contribution in [3.05, 3.63) is 58.6 Å². The number of nitrogens with one attached hydrogen (secondary N) is 4. The van der Waals surface area contributed by atoms with E-state index in [4.69, 9.17) is 0 Å². The molecule has 0 aliphatic heterocycles. The minimum atomic E-state index is -0.469. The molecule has 2 aromatic rings. The molecule has 0 saturated heterocycles. The molecule has 0 bridgehead atoms. The number of amides is 3. The van der Waals surface area contributed by atoms with Crippen LogP contribution in [0.15, 0.2) is 48.5 Å². The lowest BCUT2D eigenvalue weighted by molar-refractivity contribution is -0.384. The fourth-order valence-corrected chi connectivity index (χ4v) is 2.53. The number of anilines is 3. The van der Waals surface area contributed by atoms with Crippen LogP contribution in [-0.2, 0) is 4.79 Å². The van der Waals surface area contributed by atoms with Crippen LogP contribution in [0.25, 0.3) is 0 Å². The number of nitrogens with zero attached hydrogens (tertiary/aromatic N) is 1. The number of rotatable bonds is 8.